The van der Waals surface area contributed by atoms with Gasteiger partial charge in [-0.1, -0.05) is 0 Å². The lowest BCUT2D eigenvalue weighted by atomic mass is 9.97. The summed E-state index contributed by atoms with van der Waals surface area (Å²) in [7, 11) is 0. The highest BCUT2D eigenvalue weighted by Gasteiger charge is 2.25. The molecule has 0 aromatic carbocycles. The van der Waals surface area contributed by atoms with Crippen molar-refractivity contribution in [3.05, 3.63) is 0 Å². The van der Waals surface area contributed by atoms with Gasteiger partial charge in [-0.3, -0.25) is 9.69 Å². The minimum Gasteiger partial charge on any atom is -0.481 e. The van der Waals surface area contributed by atoms with Crippen LogP contribution in [0.1, 0.15) is 12.8 Å². The van der Waals surface area contributed by atoms with E-state index < -0.39 is 5.97 Å². The number of aliphatic hydroxyl groups excluding tert-OH is 1. The summed E-state index contributed by atoms with van der Waals surface area (Å²) in [4.78, 5) is 12.5. The van der Waals surface area contributed by atoms with E-state index in [0.29, 0.717) is 12.5 Å². The molecular weight excluding hydrogens is 242 g/mol. The Bertz CT molecular complexity index is 240. The van der Waals surface area contributed by atoms with E-state index in [1.54, 1.807) is 11.8 Å². The van der Waals surface area contributed by atoms with Gasteiger partial charge >= 0.3 is 5.97 Å². The Morgan fingerprint density at radius 3 is 2.94 bits per heavy atom. The fourth-order valence-corrected chi connectivity index (χ4v) is 2.67. The van der Waals surface area contributed by atoms with Crippen molar-refractivity contribution in [3.63, 3.8) is 0 Å². The maximum atomic E-state index is 10.3. The molecule has 1 heterocycles. The van der Waals surface area contributed by atoms with Crippen molar-refractivity contribution >= 4 is 17.7 Å². The first-order valence-electron chi connectivity index (χ1n) is 5.80. The van der Waals surface area contributed by atoms with Crippen LogP contribution in [0.3, 0.4) is 0 Å². The number of likely N-dealkylation sites (tertiary alicyclic amines) is 1. The number of hydrogen-bond donors (Lipinski definition) is 2. The van der Waals surface area contributed by atoms with Crippen LogP contribution in [0.4, 0.5) is 0 Å². The van der Waals surface area contributed by atoms with Crippen molar-refractivity contribution in [1.82, 2.24) is 4.90 Å². The monoisotopic (exact) mass is 263 g/mol. The van der Waals surface area contributed by atoms with Gasteiger partial charge in [0.2, 0.25) is 0 Å². The molecule has 6 heteroatoms. The maximum Gasteiger partial charge on any atom is 0.305 e. The number of piperidine rings is 1. The molecular formula is C11H21NO4S. The van der Waals surface area contributed by atoms with Crippen LogP contribution < -0.4 is 0 Å². The summed E-state index contributed by atoms with van der Waals surface area (Å²) in [6, 6.07) is 0. The van der Waals surface area contributed by atoms with Gasteiger partial charge in [0.15, 0.2) is 0 Å². The van der Waals surface area contributed by atoms with Crippen molar-refractivity contribution in [3.8, 4) is 0 Å². The molecule has 1 aliphatic rings. The van der Waals surface area contributed by atoms with Crippen molar-refractivity contribution < 1.29 is 19.7 Å². The van der Waals surface area contributed by atoms with E-state index in [4.69, 9.17) is 9.84 Å². The van der Waals surface area contributed by atoms with E-state index in [2.05, 4.69) is 4.90 Å². The molecule has 17 heavy (non-hydrogen) atoms. The first-order valence-corrected chi connectivity index (χ1v) is 7.20. The topological polar surface area (TPSA) is 70.0 Å². The van der Waals surface area contributed by atoms with Crippen LogP contribution in [0, 0.1) is 5.92 Å². The number of thioether (sulfide) groups is 1. The van der Waals surface area contributed by atoms with E-state index in [-0.39, 0.29) is 19.1 Å². The van der Waals surface area contributed by atoms with Crippen molar-refractivity contribution in [2.45, 2.75) is 18.9 Å². The van der Waals surface area contributed by atoms with Crippen molar-refractivity contribution in [1.29, 1.82) is 0 Å². The van der Waals surface area contributed by atoms with Gasteiger partial charge in [-0.15, -0.1) is 11.8 Å². The molecule has 0 radical (unpaired) electrons. The third-order valence-corrected chi connectivity index (χ3v) is 3.34. The van der Waals surface area contributed by atoms with Crippen LogP contribution in [0.25, 0.3) is 0 Å². The Morgan fingerprint density at radius 2 is 2.29 bits per heavy atom. The Hall–Kier alpha value is -0.300. The van der Waals surface area contributed by atoms with Gasteiger partial charge < -0.3 is 14.9 Å². The number of carbonyl (C=O) groups is 1. The Morgan fingerprint density at radius 1 is 1.53 bits per heavy atom. The number of rotatable bonds is 7. The molecule has 1 fully saturated rings. The van der Waals surface area contributed by atoms with Crippen LogP contribution in [0.2, 0.25) is 0 Å². The second-order valence-corrected chi connectivity index (χ2v) is 5.26. The van der Waals surface area contributed by atoms with Gasteiger partial charge in [0.05, 0.1) is 25.7 Å². The molecule has 2 atom stereocenters. The van der Waals surface area contributed by atoms with E-state index in [9.17, 15) is 9.90 Å². The summed E-state index contributed by atoms with van der Waals surface area (Å²) >= 11 is 1.74. The largest absolute Gasteiger partial charge is 0.481 e. The van der Waals surface area contributed by atoms with E-state index in [0.717, 1.165) is 25.4 Å². The fourth-order valence-electron chi connectivity index (χ4n) is 2.09. The molecule has 100 valence electrons. The average molecular weight is 263 g/mol. The zero-order valence-corrected chi connectivity index (χ0v) is 11.0. The normalized spacial score (nSPS) is 26.0. The minimum absolute atomic E-state index is 0.0454. The molecule has 0 amide bonds. The molecule has 5 nitrogen and oxygen atoms in total. The van der Waals surface area contributed by atoms with E-state index >= 15 is 0 Å². The van der Waals surface area contributed by atoms with Crippen molar-refractivity contribution in [2.75, 3.05) is 38.4 Å². The predicted molar refractivity (Wildman–Crippen MR) is 67.1 cm³/mol. The van der Waals surface area contributed by atoms with E-state index in [1.807, 2.05) is 6.26 Å². The molecule has 1 aliphatic heterocycles. The lowest BCUT2D eigenvalue weighted by Crippen LogP contribution is -2.44. The standard InChI is InChI=1S/C11H21NO4S/c1-17-8-12-5-9(4-10(13)6-12)7-16-3-2-11(14)15/h9-10,13H,2-8H2,1H3,(H,14,15). The van der Waals surface area contributed by atoms with E-state index in [1.165, 1.54) is 0 Å². The molecule has 0 saturated carbocycles. The van der Waals surface area contributed by atoms with Crippen LogP contribution >= 0.6 is 11.8 Å². The number of β-amino-alcohol motifs (C(OH)–C–C–N with tert-alkyl or cyclic N) is 1. The maximum absolute atomic E-state index is 10.3. The zero-order valence-electron chi connectivity index (χ0n) is 10.2. The molecule has 2 N–H and O–H groups in total. The number of ether oxygens (including phenoxy) is 1. The Kier molecular flexibility index (Phi) is 6.87. The summed E-state index contributed by atoms with van der Waals surface area (Å²) in [5, 5.41) is 18.2. The van der Waals surface area contributed by atoms with Gasteiger partial charge in [-0.05, 0) is 18.6 Å². The molecule has 0 aliphatic carbocycles. The Balaban J connectivity index is 2.20. The smallest absolute Gasteiger partial charge is 0.305 e. The minimum atomic E-state index is -0.835. The summed E-state index contributed by atoms with van der Waals surface area (Å²) in [6.07, 6.45) is 2.55. The second kappa shape index (κ2) is 7.92. The molecule has 2 unspecified atom stereocenters. The van der Waals surface area contributed by atoms with Gasteiger partial charge in [0.1, 0.15) is 0 Å². The molecule has 1 saturated heterocycles. The van der Waals surface area contributed by atoms with Gasteiger partial charge in [0.25, 0.3) is 0 Å². The second-order valence-electron chi connectivity index (χ2n) is 4.43. The molecule has 0 spiro atoms. The zero-order chi connectivity index (χ0) is 12.7. The first kappa shape index (κ1) is 14.8. The van der Waals surface area contributed by atoms with Crippen LogP contribution in [0.15, 0.2) is 0 Å². The summed E-state index contributed by atoms with van der Waals surface area (Å²) < 4.78 is 5.33. The number of carboxylic acid groups (broad SMARTS) is 1. The lowest BCUT2D eigenvalue weighted by molar-refractivity contribution is -0.138. The number of carboxylic acids is 1. The van der Waals surface area contributed by atoms with Crippen molar-refractivity contribution in [2.24, 2.45) is 5.92 Å². The highest BCUT2D eigenvalue weighted by Crippen LogP contribution is 2.18. The quantitative estimate of drug-likeness (QED) is 0.651. The third kappa shape index (κ3) is 6.26. The summed E-state index contributed by atoms with van der Waals surface area (Å²) in [5.74, 6) is 0.389. The predicted octanol–water partition coefficient (Wildman–Crippen LogP) is 0.481. The number of aliphatic carboxylic acids is 1. The molecule has 0 aromatic rings. The highest BCUT2D eigenvalue weighted by molar-refractivity contribution is 7.98. The summed E-state index contributed by atoms with van der Waals surface area (Å²) in [5.41, 5.74) is 0. The Labute approximate surface area is 106 Å². The number of aliphatic hydroxyl groups is 1. The van der Waals surface area contributed by atoms with Crippen LogP contribution in [-0.4, -0.2) is 65.6 Å². The van der Waals surface area contributed by atoms with Gasteiger partial charge in [-0.25, -0.2) is 0 Å². The first-order chi connectivity index (χ1) is 8.11. The number of hydrogen-bond acceptors (Lipinski definition) is 5. The number of nitrogens with zero attached hydrogens (tertiary/aromatic N) is 1. The molecule has 0 bridgehead atoms. The van der Waals surface area contributed by atoms with Crippen LogP contribution in [0.5, 0.6) is 0 Å². The molecule has 0 aromatic heterocycles. The van der Waals surface area contributed by atoms with Gasteiger partial charge in [-0.2, -0.15) is 0 Å². The fraction of sp³-hybridized carbons (Fsp3) is 0.909. The SMILES string of the molecule is CSCN1CC(O)CC(COCCC(=O)O)C1. The van der Waals surface area contributed by atoms with Gasteiger partial charge in [0, 0.05) is 19.0 Å². The van der Waals surface area contributed by atoms with Crippen LogP contribution in [-0.2, 0) is 9.53 Å². The highest BCUT2D eigenvalue weighted by atomic mass is 32.2. The average Bonchev–Trinajstić information content (AvgIpc) is 2.24. The summed E-state index contributed by atoms with van der Waals surface area (Å²) in [6.45, 7) is 2.44. The molecule has 1 rings (SSSR count). The lowest BCUT2D eigenvalue weighted by Gasteiger charge is -2.35. The third-order valence-electron chi connectivity index (χ3n) is 2.72.